The monoisotopic (exact) mass is 332 g/mol. The van der Waals surface area contributed by atoms with Crippen molar-refractivity contribution < 1.29 is 14.6 Å². The largest absolute Gasteiger partial charge is 0.387 e. The molecule has 1 aromatic rings. The SMILES string of the molecule is Cc1ccc(C=CCC(=O)NCC(C)(O)CN2CCOCC2)cc1. The summed E-state index contributed by atoms with van der Waals surface area (Å²) in [6.45, 7) is 7.64. The Hall–Kier alpha value is -1.69. The fraction of sp³-hybridized carbons (Fsp3) is 0.526. The minimum Gasteiger partial charge on any atom is -0.387 e. The lowest BCUT2D eigenvalue weighted by atomic mass is 10.1. The van der Waals surface area contributed by atoms with E-state index in [9.17, 15) is 9.90 Å². The summed E-state index contributed by atoms with van der Waals surface area (Å²) in [5, 5.41) is 13.2. The van der Waals surface area contributed by atoms with Crippen LogP contribution in [-0.2, 0) is 9.53 Å². The first kappa shape index (κ1) is 18.6. The van der Waals surface area contributed by atoms with Gasteiger partial charge in [0.15, 0.2) is 0 Å². The molecule has 132 valence electrons. The van der Waals surface area contributed by atoms with E-state index in [2.05, 4.69) is 10.2 Å². The number of nitrogens with zero attached hydrogens (tertiary/aromatic N) is 1. The Balaban J connectivity index is 1.70. The number of morpholine rings is 1. The lowest BCUT2D eigenvalue weighted by molar-refractivity contribution is -0.121. The van der Waals surface area contributed by atoms with Crippen LogP contribution in [-0.4, -0.2) is 60.9 Å². The van der Waals surface area contributed by atoms with Crippen molar-refractivity contribution in [1.82, 2.24) is 10.2 Å². The summed E-state index contributed by atoms with van der Waals surface area (Å²) < 4.78 is 5.30. The number of carbonyl (C=O) groups is 1. The molecule has 24 heavy (non-hydrogen) atoms. The van der Waals surface area contributed by atoms with E-state index in [0.29, 0.717) is 26.2 Å². The molecule has 1 unspecified atom stereocenters. The highest BCUT2D eigenvalue weighted by atomic mass is 16.5. The van der Waals surface area contributed by atoms with Crippen molar-refractivity contribution in [3.63, 3.8) is 0 Å². The first-order valence-electron chi connectivity index (χ1n) is 8.47. The van der Waals surface area contributed by atoms with Crippen molar-refractivity contribution in [2.45, 2.75) is 25.9 Å². The third kappa shape index (κ3) is 6.83. The first-order chi connectivity index (χ1) is 11.4. The zero-order valence-electron chi connectivity index (χ0n) is 14.6. The molecule has 5 nitrogen and oxygen atoms in total. The quantitative estimate of drug-likeness (QED) is 0.796. The van der Waals surface area contributed by atoms with Crippen LogP contribution >= 0.6 is 0 Å². The Morgan fingerprint density at radius 3 is 2.67 bits per heavy atom. The molecule has 0 spiro atoms. The highest BCUT2D eigenvalue weighted by Gasteiger charge is 2.25. The van der Waals surface area contributed by atoms with Crippen molar-refractivity contribution in [3.8, 4) is 0 Å². The van der Waals surface area contributed by atoms with Gasteiger partial charge in [-0.15, -0.1) is 0 Å². The lowest BCUT2D eigenvalue weighted by Crippen LogP contribution is -2.51. The summed E-state index contributed by atoms with van der Waals surface area (Å²) in [4.78, 5) is 14.1. The minimum atomic E-state index is -0.937. The molecule has 5 heteroatoms. The summed E-state index contributed by atoms with van der Waals surface area (Å²) in [5.74, 6) is -0.0828. The summed E-state index contributed by atoms with van der Waals surface area (Å²) in [5.41, 5.74) is 1.35. The van der Waals surface area contributed by atoms with Crippen LogP contribution in [0.4, 0.5) is 0 Å². The molecule has 1 amide bonds. The van der Waals surface area contributed by atoms with Crippen LogP contribution < -0.4 is 5.32 Å². The number of aryl methyl sites for hydroxylation is 1. The minimum absolute atomic E-state index is 0.0828. The highest BCUT2D eigenvalue weighted by molar-refractivity contribution is 5.78. The van der Waals surface area contributed by atoms with Crippen molar-refractivity contribution in [2.24, 2.45) is 0 Å². The van der Waals surface area contributed by atoms with Gasteiger partial charge in [0.1, 0.15) is 0 Å². The van der Waals surface area contributed by atoms with E-state index in [-0.39, 0.29) is 12.5 Å². The van der Waals surface area contributed by atoms with Gasteiger partial charge in [-0.2, -0.15) is 0 Å². The van der Waals surface area contributed by atoms with E-state index in [1.54, 1.807) is 6.92 Å². The van der Waals surface area contributed by atoms with E-state index < -0.39 is 5.60 Å². The van der Waals surface area contributed by atoms with Crippen LogP contribution in [0.1, 0.15) is 24.5 Å². The summed E-state index contributed by atoms with van der Waals surface area (Å²) >= 11 is 0. The number of ether oxygens (including phenoxy) is 1. The van der Waals surface area contributed by atoms with Crippen molar-refractivity contribution >= 4 is 12.0 Å². The molecule has 0 bridgehead atoms. The second-order valence-electron chi connectivity index (χ2n) is 6.68. The van der Waals surface area contributed by atoms with Crippen LogP contribution in [0.15, 0.2) is 30.3 Å². The third-order valence-electron chi connectivity index (χ3n) is 4.03. The van der Waals surface area contributed by atoms with Gasteiger partial charge in [0.05, 0.1) is 18.8 Å². The molecule has 1 aliphatic rings. The standard InChI is InChI=1S/C19H28N2O3/c1-16-6-8-17(9-7-16)4-3-5-18(22)20-14-19(2,23)15-21-10-12-24-13-11-21/h3-4,6-9,23H,5,10-15H2,1-2H3,(H,20,22). The van der Waals surface area contributed by atoms with Gasteiger partial charge in [-0.05, 0) is 19.4 Å². The van der Waals surface area contributed by atoms with Crippen LogP contribution in [0, 0.1) is 6.92 Å². The molecule has 0 saturated carbocycles. The Morgan fingerprint density at radius 1 is 1.33 bits per heavy atom. The molecule has 1 aromatic carbocycles. The van der Waals surface area contributed by atoms with Crippen molar-refractivity contribution in [2.75, 3.05) is 39.4 Å². The van der Waals surface area contributed by atoms with Crippen molar-refractivity contribution in [3.05, 3.63) is 41.5 Å². The van der Waals surface area contributed by atoms with Gasteiger partial charge in [0.25, 0.3) is 0 Å². The van der Waals surface area contributed by atoms with Crippen LogP contribution in [0.3, 0.4) is 0 Å². The lowest BCUT2D eigenvalue weighted by Gasteiger charge is -2.33. The third-order valence-corrected chi connectivity index (χ3v) is 4.03. The normalized spacial score (nSPS) is 18.5. The predicted molar refractivity (Wildman–Crippen MR) is 95.7 cm³/mol. The fourth-order valence-electron chi connectivity index (χ4n) is 2.64. The van der Waals surface area contributed by atoms with E-state index in [4.69, 9.17) is 4.74 Å². The molecule has 1 saturated heterocycles. The first-order valence-corrected chi connectivity index (χ1v) is 8.47. The van der Waals surface area contributed by atoms with Gasteiger partial charge >= 0.3 is 0 Å². The smallest absolute Gasteiger partial charge is 0.223 e. The van der Waals surface area contributed by atoms with Crippen LogP contribution in [0.25, 0.3) is 6.08 Å². The topological polar surface area (TPSA) is 61.8 Å². The van der Waals surface area contributed by atoms with E-state index in [1.807, 2.05) is 43.3 Å². The van der Waals surface area contributed by atoms with Gasteiger partial charge in [-0.1, -0.05) is 42.0 Å². The Bertz CT molecular complexity index is 546. The van der Waals surface area contributed by atoms with Crippen molar-refractivity contribution in [1.29, 1.82) is 0 Å². The Kier molecular flexibility index (Phi) is 6.97. The number of hydrogen-bond acceptors (Lipinski definition) is 4. The van der Waals surface area contributed by atoms with Gasteiger partial charge in [0, 0.05) is 32.6 Å². The van der Waals surface area contributed by atoms with E-state index in [0.717, 1.165) is 18.7 Å². The maximum atomic E-state index is 11.9. The number of β-amino-alcohol motifs (C(OH)–C–C–N with tert-alkyl or cyclic N) is 1. The predicted octanol–water partition coefficient (Wildman–Crippen LogP) is 1.60. The number of hydrogen-bond donors (Lipinski definition) is 2. The summed E-state index contributed by atoms with van der Waals surface area (Å²) in [6.07, 6.45) is 4.09. The molecule has 2 rings (SSSR count). The van der Waals surface area contributed by atoms with E-state index in [1.165, 1.54) is 5.56 Å². The fourth-order valence-corrected chi connectivity index (χ4v) is 2.64. The van der Waals surface area contributed by atoms with Gasteiger partial charge in [0.2, 0.25) is 5.91 Å². The zero-order chi connectivity index (χ0) is 17.4. The highest BCUT2D eigenvalue weighted by Crippen LogP contribution is 2.08. The molecule has 2 N–H and O–H groups in total. The van der Waals surface area contributed by atoms with Crippen LogP contribution in [0.2, 0.25) is 0 Å². The number of nitrogens with one attached hydrogen (secondary N) is 1. The molecule has 0 aromatic heterocycles. The number of rotatable bonds is 7. The zero-order valence-corrected chi connectivity index (χ0v) is 14.6. The molecule has 0 radical (unpaired) electrons. The summed E-state index contributed by atoms with van der Waals surface area (Å²) in [7, 11) is 0. The maximum absolute atomic E-state index is 11.9. The second kappa shape index (κ2) is 8.97. The number of aliphatic hydroxyl groups is 1. The average molecular weight is 332 g/mol. The maximum Gasteiger partial charge on any atom is 0.223 e. The van der Waals surface area contributed by atoms with Gasteiger partial charge in [-0.25, -0.2) is 0 Å². The molecular weight excluding hydrogens is 304 g/mol. The Morgan fingerprint density at radius 2 is 2.00 bits per heavy atom. The molecule has 1 fully saturated rings. The van der Waals surface area contributed by atoms with Gasteiger partial charge in [-0.3, -0.25) is 9.69 Å². The van der Waals surface area contributed by atoms with Crippen LogP contribution in [0.5, 0.6) is 0 Å². The molecule has 1 heterocycles. The summed E-state index contributed by atoms with van der Waals surface area (Å²) in [6, 6.07) is 8.14. The van der Waals surface area contributed by atoms with E-state index >= 15 is 0 Å². The number of amides is 1. The number of carbonyl (C=O) groups excluding carboxylic acids is 1. The average Bonchev–Trinajstić information content (AvgIpc) is 2.55. The molecule has 1 aliphatic heterocycles. The number of benzene rings is 1. The second-order valence-corrected chi connectivity index (χ2v) is 6.68. The molecule has 0 aliphatic carbocycles. The van der Waals surface area contributed by atoms with Gasteiger partial charge < -0.3 is 15.2 Å². The molecule has 1 atom stereocenters. The Labute approximate surface area is 144 Å². The molecular formula is C19H28N2O3.